The fraction of sp³-hybridized carbons (Fsp3) is 0.250. The number of fused-ring (bicyclic) bond motifs is 1. The number of hydrogen-bond acceptors (Lipinski definition) is 2. The van der Waals surface area contributed by atoms with Crippen molar-refractivity contribution in [3.63, 3.8) is 0 Å². The van der Waals surface area contributed by atoms with Gasteiger partial charge in [0, 0.05) is 6.20 Å². The topological polar surface area (TPSA) is 39.3 Å². The smallest absolute Gasteiger partial charge is 0.250 e. The molecule has 0 saturated heterocycles. The molecule has 0 amide bonds. The van der Waals surface area contributed by atoms with E-state index in [4.69, 9.17) is 0 Å². The van der Waals surface area contributed by atoms with E-state index in [1.807, 2.05) is 0 Å². The Morgan fingerprint density at radius 3 is 2.67 bits per heavy atom. The van der Waals surface area contributed by atoms with Crippen molar-refractivity contribution < 1.29 is 13.2 Å². The van der Waals surface area contributed by atoms with Crippen LogP contribution in [0.25, 0.3) is 5.65 Å². The molecule has 2 rings (SSSR count). The third-order valence-electron chi connectivity index (χ3n) is 1.82. The second kappa shape index (κ2) is 3.11. The lowest BCUT2D eigenvalue weighted by molar-refractivity contribution is -0.143. The van der Waals surface area contributed by atoms with Gasteiger partial charge in [-0.15, -0.1) is 5.10 Å². The van der Waals surface area contributed by atoms with E-state index in [0.717, 1.165) is 4.40 Å². The predicted octanol–water partition coefficient (Wildman–Crippen LogP) is 1.06. The van der Waals surface area contributed by atoms with Crippen LogP contribution >= 0.6 is 0 Å². The average Bonchev–Trinajstić information content (AvgIpc) is 2.42. The highest BCUT2D eigenvalue weighted by Crippen LogP contribution is 2.15. The highest BCUT2D eigenvalue weighted by molar-refractivity contribution is 5.35. The lowest BCUT2D eigenvalue weighted by atomic mass is 10.5. The van der Waals surface area contributed by atoms with Crippen LogP contribution in [0.5, 0.6) is 0 Å². The number of aromatic nitrogens is 3. The van der Waals surface area contributed by atoms with Gasteiger partial charge in [0.15, 0.2) is 5.65 Å². The van der Waals surface area contributed by atoms with Crippen molar-refractivity contribution in [1.29, 1.82) is 0 Å². The quantitative estimate of drug-likeness (QED) is 0.716. The van der Waals surface area contributed by atoms with E-state index < -0.39 is 18.4 Å². The summed E-state index contributed by atoms with van der Waals surface area (Å²) >= 11 is 0. The Morgan fingerprint density at radius 2 is 2.07 bits per heavy atom. The first-order valence-electron chi connectivity index (χ1n) is 4.08. The predicted molar refractivity (Wildman–Crippen MR) is 45.5 cm³/mol. The van der Waals surface area contributed by atoms with E-state index in [1.54, 1.807) is 12.1 Å². The van der Waals surface area contributed by atoms with Gasteiger partial charge in [-0.3, -0.25) is 4.40 Å². The number of halogens is 3. The fourth-order valence-corrected chi connectivity index (χ4v) is 1.24. The second-order valence-corrected chi connectivity index (χ2v) is 2.98. The molecule has 0 aromatic carbocycles. The summed E-state index contributed by atoms with van der Waals surface area (Å²) in [5, 5.41) is 3.54. The lowest BCUT2D eigenvalue weighted by Gasteiger charge is -2.03. The van der Waals surface area contributed by atoms with Crippen LogP contribution in [0.3, 0.4) is 0 Å². The zero-order valence-corrected chi connectivity index (χ0v) is 7.40. The molecule has 0 saturated carbocycles. The van der Waals surface area contributed by atoms with Crippen molar-refractivity contribution in [2.45, 2.75) is 12.7 Å². The highest BCUT2D eigenvalue weighted by atomic mass is 19.4. The molecule has 0 radical (unpaired) electrons. The molecule has 0 atom stereocenters. The van der Waals surface area contributed by atoms with E-state index in [9.17, 15) is 18.0 Å². The normalized spacial score (nSPS) is 12.2. The summed E-state index contributed by atoms with van der Waals surface area (Å²) in [5.41, 5.74) is -0.588. The van der Waals surface area contributed by atoms with Crippen molar-refractivity contribution >= 4 is 5.65 Å². The van der Waals surface area contributed by atoms with Crippen LogP contribution in [0.2, 0.25) is 0 Å². The van der Waals surface area contributed by atoms with Gasteiger partial charge in [-0.1, -0.05) is 6.07 Å². The minimum Gasteiger partial charge on any atom is -0.250 e. The van der Waals surface area contributed by atoms with Crippen molar-refractivity contribution in [2.24, 2.45) is 0 Å². The first kappa shape index (κ1) is 9.75. The van der Waals surface area contributed by atoms with Gasteiger partial charge in [0.2, 0.25) is 0 Å². The molecule has 0 fully saturated rings. The molecular formula is C8H6F3N3O. The molecule has 0 aliphatic carbocycles. The van der Waals surface area contributed by atoms with Crippen LogP contribution in [0.15, 0.2) is 29.2 Å². The molecule has 0 N–H and O–H groups in total. The van der Waals surface area contributed by atoms with E-state index in [0.29, 0.717) is 4.68 Å². The Morgan fingerprint density at radius 1 is 1.33 bits per heavy atom. The van der Waals surface area contributed by atoms with Crippen molar-refractivity contribution in [3.8, 4) is 0 Å². The molecule has 2 heterocycles. The molecule has 0 unspecified atom stereocenters. The van der Waals surface area contributed by atoms with Crippen LogP contribution in [0.1, 0.15) is 0 Å². The van der Waals surface area contributed by atoms with Crippen LogP contribution in [0.4, 0.5) is 13.2 Å². The van der Waals surface area contributed by atoms with Gasteiger partial charge >= 0.3 is 11.9 Å². The number of pyridine rings is 1. The maximum atomic E-state index is 12.0. The van der Waals surface area contributed by atoms with E-state index in [1.165, 1.54) is 12.3 Å². The first-order valence-corrected chi connectivity index (χ1v) is 4.08. The van der Waals surface area contributed by atoms with Crippen LogP contribution in [-0.4, -0.2) is 20.4 Å². The van der Waals surface area contributed by atoms with Crippen LogP contribution in [0, 0.1) is 0 Å². The molecule has 4 nitrogen and oxygen atoms in total. The maximum absolute atomic E-state index is 12.0. The Labute approximate surface area is 81.6 Å². The first-order chi connectivity index (χ1) is 6.97. The number of hydrogen-bond donors (Lipinski definition) is 0. The third-order valence-corrected chi connectivity index (χ3v) is 1.82. The molecule has 7 heteroatoms. The molecule has 0 aliphatic rings. The summed E-state index contributed by atoms with van der Waals surface area (Å²) < 4.78 is 37.6. The minimum atomic E-state index is -4.44. The van der Waals surface area contributed by atoms with E-state index in [-0.39, 0.29) is 5.65 Å². The molecule has 2 aromatic rings. The Hall–Kier alpha value is -1.79. The highest BCUT2D eigenvalue weighted by Gasteiger charge is 2.29. The number of alkyl halides is 3. The second-order valence-electron chi connectivity index (χ2n) is 2.98. The third kappa shape index (κ3) is 1.85. The minimum absolute atomic E-state index is 0.201. The van der Waals surface area contributed by atoms with Crippen molar-refractivity contribution in [3.05, 3.63) is 34.9 Å². The summed E-state index contributed by atoms with van der Waals surface area (Å²) in [5.74, 6) is 0. The van der Waals surface area contributed by atoms with Crippen LogP contribution in [-0.2, 0) is 6.54 Å². The number of nitrogens with zero attached hydrogens (tertiary/aromatic N) is 3. The van der Waals surface area contributed by atoms with Gasteiger partial charge in [0.05, 0.1) is 0 Å². The monoisotopic (exact) mass is 217 g/mol. The SMILES string of the molecule is O=c1n(CC(F)(F)F)nc2ccccn12. The summed E-state index contributed by atoms with van der Waals surface area (Å²) in [6, 6.07) is 4.61. The maximum Gasteiger partial charge on any atom is 0.408 e. The Balaban J connectivity index is 2.54. The average molecular weight is 217 g/mol. The van der Waals surface area contributed by atoms with Crippen LogP contribution < -0.4 is 5.69 Å². The zero-order chi connectivity index (χ0) is 11.1. The van der Waals surface area contributed by atoms with Gasteiger partial charge in [-0.25, -0.2) is 9.48 Å². The molecule has 0 aliphatic heterocycles. The van der Waals surface area contributed by atoms with Crippen molar-refractivity contribution in [2.75, 3.05) is 0 Å². The summed E-state index contributed by atoms with van der Waals surface area (Å²) in [6.45, 7) is -1.37. The van der Waals surface area contributed by atoms with Gasteiger partial charge in [0.1, 0.15) is 6.54 Å². The summed E-state index contributed by atoms with van der Waals surface area (Å²) in [6.07, 6.45) is -3.07. The molecular weight excluding hydrogens is 211 g/mol. The van der Waals surface area contributed by atoms with E-state index >= 15 is 0 Å². The Bertz CT molecular complexity index is 540. The van der Waals surface area contributed by atoms with Gasteiger partial charge in [0.25, 0.3) is 0 Å². The molecule has 15 heavy (non-hydrogen) atoms. The lowest BCUT2D eigenvalue weighted by Crippen LogP contribution is -2.28. The molecule has 80 valence electrons. The number of rotatable bonds is 1. The van der Waals surface area contributed by atoms with E-state index in [2.05, 4.69) is 5.10 Å². The summed E-state index contributed by atoms with van der Waals surface area (Å²) in [7, 11) is 0. The Kier molecular flexibility index (Phi) is 2.02. The van der Waals surface area contributed by atoms with Gasteiger partial charge < -0.3 is 0 Å². The molecule has 0 spiro atoms. The standard InChI is InChI=1S/C8H6F3N3O/c9-8(10,11)5-14-7(15)13-4-2-1-3-6(13)12-14/h1-4H,5H2. The largest absolute Gasteiger partial charge is 0.408 e. The fourth-order valence-electron chi connectivity index (χ4n) is 1.24. The van der Waals surface area contributed by atoms with Crippen molar-refractivity contribution in [1.82, 2.24) is 14.2 Å². The van der Waals surface area contributed by atoms with Gasteiger partial charge in [-0.2, -0.15) is 13.2 Å². The van der Waals surface area contributed by atoms with Gasteiger partial charge in [-0.05, 0) is 12.1 Å². The zero-order valence-electron chi connectivity index (χ0n) is 7.40. The summed E-state index contributed by atoms with van der Waals surface area (Å²) in [4.78, 5) is 11.4. The molecule has 2 aromatic heterocycles. The molecule has 0 bridgehead atoms.